The van der Waals surface area contributed by atoms with E-state index in [1.807, 2.05) is 0 Å². The van der Waals surface area contributed by atoms with Crippen molar-refractivity contribution in [3.8, 4) is 33.5 Å². The fourth-order valence-corrected chi connectivity index (χ4v) is 6.76. The van der Waals surface area contributed by atoms with E-state index in [2.05, 4.69) is 162 Å². The van der Waals surface area contributed by atoms with Gasteiger partial charge in [0, 0.05) is 23.3 Å². The maximum Gasteiger partial charge on any atom is 0.145 e. The van der Waals surface area contributed by atoms with Gasteiger partial charge in [0.2, 0.25) is 0 Å². The third-order valence-corrected chi connectivity index (χ3v) is 8.79. The van der Waals surface area contributed by atoms with Crippen molar-refractivity contribution in [3.05, 3.63) is 158 Å². The molecule has 200 valence electrons. The first-order valence-corrected chi connectivity index (χ1v) is 14.7. The molecule has 2 aromatic heterocycles. The average Bonchev–Trinajstić information content (AvgIpc) is 3.52. The van der Waals surface area contributed by atoms with E-state index in [0.717, 1.165) is 22.3 Å². The van der Waals surface area contributed by atoms with Crippen LogP contribution in [-0.2, 0) is 0 Å². The Morgan fingerprint density at radius 3 is 1.58 bits per heavy atom. The predicted octanol–water partition coefficient (Wildman–Crippen LogP) is 10.9. The summed E-state index contributed by atoms with van der Waals surface area (Å²) in [5, 5.41) is 9.94. The molecule has 0 saturated heterocycles. The molecule has 0 aliphatic carbocycles. The number of pyridine rings is 1. The summed E-state index contributed by atoms with van der Waals surface area (Å²) in [6, 6.07) is 52.6. The summed E-state index contributed by atoms with van der Waals surface area (Å²) >= 11 is 0. The van der Waals surface area contributed by atoms with Crippen LogP contribution in [0.3, 0.4) is 0 Å². The van der Waals surface area contributed by atoms with E-state index < -0.39 is 0 Å². The minimum absolute atomic E-state index is 0.976. The molecule has 0 amide bonds. The molecule has 0 fully saturated rings. The summed E-state index contributed by atoms with van der Waals surface area (Å²) in [6.07, 6.45) is 4.22. The molecule has 9 rings (SSSR count). The first-order chi connectivity index (χ1) is 21.3. The zero-order valence-corrected chi connectivity index (χ0v) is 23.4. The van der Waals surface area contributed by atoms with Gasteiger partial charge in [-0.1, -0.05) is 133 Å². The minimum atomic E-state index is 0.976. The molecule has 7 aromatic carbocycles. The van der Waals surface area contributed by atoms with E-state index in [4.69, 9.17) is 4.98 Å². The normalized spacial score (nSPS) is 11.7. The van der Waals surface area contributed by atoms with Gasteiger partial charge in [-0.25, -0.2) is 4.98 Å². The summed E-state index contributed by atoms with van der Waals surface area (Å²) in [7, 11) is 0. The molecular formula is C41H26N2. The molecular weight excluding hydrogens is 520 g/mol. The molecule has 0 bridgehead atoms. The molecule has 0 radical (unpaired) electrons. The standard InChI is InChI=1S/C41H26N2/c1-2-11-31-25-32(22-17-27(31)9-1)40-36-15-7-5-13-34(36)39(35-14-6-8-16-37(35)40)30-20-18-29(19-21-30)38-26-43-24-23-28-10-3-4-12-33(28)41(43)42-38/h1-26H. The number of aromatic nitrogens is 2. The third kappa shape index (κ3) is 3.77. The van der Waals surface area contributed by atoms with E-state index in [0.29, 0.717) is 0 Å². The molecule has 0 N–H and O–H groups in total. The van der Waals surface area contributed by atoms with E-state index in [1.54, 1.807) is 0 Å². The highest BCUT2D eigenvalue weighted by Gasteiger charge is 2.17. The molecule has 0 spiro atoms. The first kappa shape index (κ1) is 23.9. The largest absolute Gasteiger partial charge is 0.306 e. The van der Waals surface area contributed by atoms with Gasteiger partial charge in [0.25, 0.3) is 0 Å². The van der Waals surface area contributed by atoms with Gasteiger partial charge < -0.3 is 4.40 Å². The fraction of sp³-hybridized carbons (Fsp3) is 0. The molecule has 2 heterocycles. The number of imidazole rings is 1. The van der Waals surface area contributed by atoms with Crippen molar-refractivity contribution in [2.75, 3.05) is 0 Å². The van der Waals surface area contributed by atoms with Gasteiger partial charge in [-0.2, -0.15) is 0 Å². The first-order valence-electron chi connectivity index (χ1n) is 14.7. The number of fused-ring (bicyclic) bond motifs is 6. The van der Waals surface area contributed by atoms with E-state index in [-0.39, 0.29) is 0 Å². The zero-order chi connectivity index (χ0) is 28.3. The van der Waals surface area contributed by atoms with Gasteiger partial charge in [-0.3, -0.25) is 0 Å². The highest BCUT2D eigenvalue weighted by Crippen LogP contribution is 2.44. The van der Waals surface area contributed by atoms with E-state index in [9.17, 15) is 0 Å². The maximum absolute atomic E-state index is 5.04. The Balaban J connectivity index is 1.23. The van der Waals surface area contributed by atoms with Crippen LogP contribution in [0.4, 0.5) is 0 Å². The molecule has 0 atom stereocenters. The van der Waals surface area contributed by atoms with Crippen LogP contribution < -0.4 is 0 Å². The Bertz CT molecular complexity index is 2440. The Hall–Kier alpha value is -5.73. The third-order valence-electron chi connectivity index (χ3n) is 8.79. The average molecular weight is 547 g/mol. The lowest BCUT2D eigenvalue weighted by Crippen LogP contribution is -1.91. The van der Waals surface area contributed by atoms with E-state index >= 15 is 0 Å². The number of hydrogen-bond donors (Lipinski definition) is 0. The highest BCUT2D eigenvalue weighted by molar-refractivity contribution is 6.21. The number of nitrogens with zero attached hydrogens (tertiary/aromatic N) is 2. The summed E-state index contributed by atoms with van der Waals surface area (Å²) in [6.45, 7) is 0. The summed E-state index contributed by atoms with van der Waals surface area (Å²) in [4.78, 5) is 5.04. The number of rotatable bonds is 3. The van der Waals surface area contributed by atoms with Gasteiger partial charge in [0.15, 0.2) is 0 Å². The highest BCUT2D eigenvalue weighted by atomic mass is 15.0. The Morgan fingerprint density at radius 1 is 0.395 bits per heavy atom. The Labute approximate surface area is 249 Å². The quantitative estimate of drug-likeness (QED) is 0.201. The minimum Gasteiger partial charge on any atom is -0.306 e. The zero-order valence-electron chi connectivity index (χ0n) is 23.4. The molecule has 0 aliphatic rings. The van der Waals surface area contributed by atoms with Crippen molar-refractivity contribution >= 4 is 48.7 Å². The smallest absolute Gasteiger partial charge is 0.145 e. The number of hydrogen-bond acceptors (Lipinski definition) is 1. The summed E-state index contributed by atoms with van der Waals surface area (Å²) in [5.41, 5.74) is 8.07. The van der Waals surface area contributed by atoms with E-state index in [1.165, 1.54) is 60.0 Å². The van der Waals surface area contributed by atoms with Crippen LogP contribution in [0.15, 0.2) is 158 Å². The van der Waals surface area contributed by atoms with Crippen LogP contribution >= 0.6 is 0 Å². The molecule has 2 heteroatoms. The van der Waals surface area contributed by atoms with Crippen LogP contribution in [0.1, 0.15) is 0 Å². The Kier molecular flexibility index (Phi) is 5.23. The molecule has 43 heavy (non-hydrogen) atoms. The van der Waals surface area contributed by atoms with Crippen molar-refractivity contribution in [2.45, 2.75) is 0 Å². The maximum atomic E-state index is 5.04. The predicted molar refractivity (Wildman–Crippen MR) is 182 cm³/mol. The van der Waals surface area contributed by atoms with Crippen LogP contribution in [0, 0.1) is 0 Å². The monoisotopic (exact) mass is 546 g/mol. The lowest BCUT2D eigenvalue weighted by atomic mass is 9.85. The van der Waals surface area contributed by atoms with Crippen LogP contribution in [-0.4, -0.2) is 9.38 Å². The van der Waals surface area contributed by atoms with Gasteiger partial charge in [-0.15, -0.1) is 0 Å². The second-order valence-electron chi connectivity index (χ2n) is 11.2. The van der Waals surface area contributed by atoms with Gasteiger partial charge in [0.1, 0.15) is 5.65 Å². The molecule has 0 unspecified atom stereocenters. The second-order valence-corrected chi connectivity index (χ2v) is 11.2. The molecule has 0 saturated carbocycles. The van der Waals surface area contributed by atoms with Crippen LogP contribution in [0.25, 0.3) is 82.2 Å². The lowest BCUT2D eigenvalue weighted by Gasteiger charge is -2.18. The van der Waals surface area contributed by atoms with Crippen LogP contribution in [0.5, 0.6) is 0 Å². The van der Waals surface area contributed by atoms with Crippen molar-refractivity contribution in [2.24, 2.45) is 0 Å². The topological polar surface area (TPSA) is 17.3 Å². The number of benzene rings is 7. The van der Waals surface area contributed by atoms with Crippen LogP contribution in [0.2, 0.25) is 0 Å². The van der Waals surface area contributed by atoms with Crippen molar-refractivity contribution in [1.29, 1.82) is 0 Å². The molecule has 9 aromatic rings. The Morgan fingerprint density at radius 2 is 0.907 bits per heavy atom. The van der Waals surface area contributed by atoms with Gasteiger partial charge in [0.05, 0.1) is 5.69 Å². The SMILES string of the molecule is c1ccc2cc(-c3c4ccccc4c(-c4ccc(-c5cn6ccc7ccccc7c6n5)cc4)c4ccccc34)ccc2c1. The lowest BCUT2D eigenvalue weighted by molar-refractivity contribution is 1.20. The molecule has 2 nitrogen and oxygen atoms in total. The second kappa shape index (κ2) is 9.40. The van der Waals surface area contributed by atoms with Gasteiger partial charge in [-0.05, 0) is 72.1 Å². The van der Waals surface area contributed by atoms with Crippen molar-refractivity contribution in [1.82, 2.24) is 9.38 Å². The van der Waals surface area contributed by atoms with Crippen molar-refractivity contribution in [3.63, 3.8) is 0 Å². The van der Waals surface area contributed by atoms with Crippen molar-refractivity contribution < 1.29 is 0 Å². The summed E-state index contributed by atoms with van der Waals surface area (Å²) < 4.78 is 2.12. The fourth-order valence-electron chi connectivity index (χ4n) is 6.76. The summed E-state index contributed by atoms with van der Waals surface area (Å²) in [5.74, 6) is 0. The molecule has 0 aliphatic heterocycles. The van der Waals surface area contributed by atoms with Gasteiger partial charge >= 0.3 is 0 Å².